The van der Waals surface area contributed by atoms with E-state index in [4.69, 9.17) is 17.0 Å². The third-order valence-electron chi connectivity index (χ3n) is 4.84. The quantitative estimate of drug-likeness (QED) is 0.148. The average Bonchev–Trinajstić information content (AvgIpc) is 2.73. The zero-order chi connectivity index (χ0) is 20.0. The van der Waals surface area contributed by atoms with E-state index >= 15 is 0 Å². The monoisotopic (exact) mass is 394 g/mol. The second kappa shape index (κ2) is 13.3. The predicted molar refractivity (Wildman–Crippen MR) is 126 cm³/mol. The van der Waals surface area contributed by atoms with Crippen molar-refractivity contribution in [1.82, 2.24) is 0 Å². The summed E-state index contributed by atoms with van der Waals surface area (Å²) in [6, 6.07) is 16.7. The van der Waals surface area contributed by atoms with Crippen molar-refractivity contribution in [2.75, 3.05) is 6.61 Å². The van der Waals surface area contributed by atoms with E-state index in [0.29, 0.717) is 0 Å². The highest BCUT2D eigenvalue weighted by Gasteiger charge is 2.04. The molecule has 0 saturated heterocycles. The fraction of sp³-hybridized carbons (Fsp3) is 0.423. The summed E-state index contributed by atoms with van der Waals surface area (Å²) in [6.45, 7) is 5.25. The first-order chi connectivity index (χ1) is 13.7. The van der Waals surface area contributed by atoms with Gasteiger partial charge in [0.05, 0.1) is 6.61 Å². The van der Waals surface area contributed by atoms with Crippen LogP contribution < -0.4 is 4.74 Å². The van der Waals surface area contributed by atoms with Crippen LogP contribution in [0.5, 0.6) is 5.75 Å². The summed E-state index contributed by atoms with van der Waals surface area (Å²) in [6.07, 6.45) is 14.0. The molecule has 0 aliphatic heterocycles. The van der Waals surface area contributed by atoms with Crippen molar-refractivity contribution in [2.45, 2.75) is 65.2 Å². The Balaban J connectivity index is 1.99. The topological polar surface area (TPSA) is 9.23 Å². The lowest BCUT2D eigenvalue weighted by atomic mass is 10.0. The Kier molecular flexibility index (Phi) is 10.6. The third kappa shape index (κ3) is 7.98. The number of unbranched alkanes of at least 4 members (excludes halogenated alkanes) is 5. The number of hydrogen-bond acceptors (Lipinski definition) is 2. The van der Waals surface area contributed by atoms with E-state index in [2.05, 4.69) is 38.1 Å². The normalized spacial score (nSPS) is 11.1. The van der Waals surface area contributed by atoms with E-state index in [9.17, 15) is 0 Å². The van der Waals surface area contributed by atoms with E-state index in [1.165, 1.54) is 37.7 Å². The molecule has 0 unspecified atom stereocenters. The Labute approximate surface area is 176 Å². The van der Waals surface area contributed by atoms with Crippen molar-refractivity contribution in [1.29, 1.82) is 0 Å². The molecule has 150 valence electrons. The molecule has 1 nitrogen and oxygen atoms in total. The highest BCUT2D eigenvalue weighted by atomic mass is 32.1. The molecule has 0 fully saturated rings. The fourth-order valence-corrected chi connectivity index (χ4v) is 3.42. The molecule has 0 aromatic heterocycles. The van der Waals surface area contributed by atoms with Gasteiger partial charge in [0.25, 0.3) is 0 Å². The van der Waals surface area contributed by atoms with Gasteiger partial charge in [0.2, 0.25) is 0 Å². The summed E-state index contributed by atoms with van der Waals surface area (Å²) in [5, 5.41) is 0. The van der Waals surface area contributed by atoms with Crippen molar-refractivity contribution < 1.29 is 4.74 Å². The molecule has 0 aliphatic rings. The number of allylic oxidation sites excluding steroid dienone is 1. The van der Waals surface area contributed by atoms with Crippen molar-refractivity contribution in [3.63, 3.8) is 0 Å². The van der Waals surface area contributed by atoms with E-state index in [1.807, 2.05) is 36.4 Å². The molecule has 0 radical (unpaired) electrons. The van der Waals surface area contributed by atoms with Gasteiger partial charge in [-0.15, -0.1) is 0 Å². The number of benzene rings is 2. The fourth-order valence-electron chi connectivity index (χ4n) is 3.21. The first-order valence-electron chi connectivity index (χ1n) is 10.8. The second-order valence-corrected chi connectivity index (χ2v) is 7.74. The van der Waals surface area contributed by atoms with Crippen LogP contribution in [0.15, 0.2) is 54.6 Å². The number of aryl methyl sites for hydroxylation is 1. The standard InChI is InChI=1S/C26H34OS/c1-3-5-6-7-8-12-20-27-25-21-22(13-4-2)16-17-23(25)18-19-26(28)24-14-10-9-11-15-24/h9-11,14-19,21H,3-8,12-13,20H2,1-2H3. The molecule has 0 saturated carbocycles. The Morgan fingerprint density at radius 1 is 0.893 bits per heavy atom. The van der Waals surface area contributed by atoms with Crippen LogP contribution >= 0.6 is 12.2 Å². The van der Waals surface area contributed by atoms with Gasteiger partial charge in [-0.05, 0) is 42.2 Å². The average molecular weight is 395 g/mol. The lowest BCUT2D eigenvalue weighted by Gasteiger charge is -2.12. The minimum atomic E-state index is 0.783. The summed E-state index contributed by atoms with van der Waals surface area (Å²) >= 11 is 5.56. The van der Waals surface area contributed by atoms with Crippen LogP contribution in [0.3, 0.4) is 0 Å². The van der Waals surface area contributed by atoms with Gasteiger partial charge in [0.15, 0.2) is 0 Å². The summed E-state index contributed by atoms with van der Waals surface area (Å²) < 4.78 is 6.17. The highest BCUT2D eigenvalue weighted by Crippen LogP contribution is 2.24. The van der Waals surface area contributed by atoms with E-state index in [0.717, 1.165) is 47.6 Å². The SMILES string of the molecule is CCCCCCCCOc1cc(CCC)ccc1C=CC(=S)c1ccccc1. The lowest BCUT2D eigenvalue weighted by Crippen LogP contribution is -2.00. The molecule has 0 bridgehead atoms. The first-order valence-corrected chi connectivity index (χ1v) is 11.2. The lowest BCUT2D eigenvalue weighted by molar-refractivity contribution is 0.303. The molecule has 2 rings (SSSR count). The maximum atomic E-state index is 6.17. The van der Waals surface area contributed by atoms with E-state index < -0.39 is 0 Å². The summed E-state index contributed by atoms with van der Waals surface area (Å²) in [5.41, 5.74) is 3.51. The van der Waals surface area contributed by atoms with Crippen molar-refractivity contribution in [3.8, 4) is 5.75 Å². The van der Waals surface area contributed by atoms with Gasteiger partial charge < -0.3 is 4.74 Å². The largest absolute Gasteiger partial charge is 0.493 e. The van der Waals surface area contributed by atoms with Crippen LogP contribution in [-0.2, 0) is 6.42 Å². The molecular formula is C26H34OS. The summed E-state index contributed by atoms with van der Waals surface area (Å²) in [4.78, 5) is 0.847. The van der Waals surface area contributed by atoms with Crippen LogP contribution in [0.25, 0.3) is 6.08 Å². The van der Waals surface area contributed by atoms with Crippen molar-refractivity contribution in [3.05, 3.63) is 71.3 Å². The Morgan fingerprint density at radius 3 is 2.39 bits per heavy atom. The van der Waals surface area contributed by atoms with Gasteiger partial charge in [0.1, 0.15) is 5.75 Å². The Bertz CT molecular complexity index is 733. The number of ether oxygens (including phenoxy) is 1. The third-order valence-corrected chi connectivity index (χ3v) is 5.22. The molecule has 0 N–H and O–H groups in total. The van der Waals surface area contributed by atoms with Gasteiger partial charge in [-0.25, -0.2) is 0 Å². The maximum Gasteiger partial charge on any atom is 0.126 e. The molecule has 0 amide bonds. The molecule has 2 aromatic rings. The summed E-state index contributed by atoms with van der Waals surface area (Å²) in [5.74, 6) is 0.978. The minimum Gasteiger partial charge on any atom is -0.493 e. The maximum absolute atomic E-state index is 6.17. The molecule has 0 atom stereocenters. The number of thiocarbonyl (C=S) groups is 1. The molecule has 0 spiro atoms. The zero-order valence-electron chi connectivity index (χ0n) is 17.5. The first kappa shape index (κ1) is 22.4. The minimum absolute atomic E-state index is 0.783. The Morgan fingerprint density at radius 2 is 1.64 bits per heavy atom. The molecule has 2 aromatic carbocycles. The van der Waals surface area contributed by atoms with Gasteiger partial charge >= 0.3 is 0 Å². The highest BCUT2D eigenvalue weighted by molar-refractivity contribution is 7.81. The van der Waals surface area contributed by atoms with Crippen molar-refractivity contribution in [2.24, 2.45) is 0 Å². The van der Waals surface area contributed by atoms with E-state index in [1.54, 1.807) is 0 Å². The number of rotatable bonds is 13. The Hall–Kier alpha value is -1.93. The number of hydrogen-bond donors (Lipinski definition) is 0. The van der Waals surface area contributed by atoms with Crippen LogP contribution in [0.2, 0.25) is 0 Å². The molecule has 28 heavy (non-hydrogen) atoms. The zero-order valence-corrected chi connectivity index (χ0v) is 18.3. The van der Waals surface area contributed by atoms with Gasteiger partial charge in [-0.3, -0.25) is 0 Å². The second-order valence-electron chi connectivity index (χ2n) is 7.30. The van der Waals surface area contributed by atoms with Gasteiger partial charge in [-0.1, -0.05) is 107 Å². The van der Waals surface area contributed by atoms with Crippen molar-refractivity contribution >= 4 is 23.2 Å². The van der Waals surface area contributed by atoms with Gasteiger partial charge in [-0.2, -0.15) is 0 Å². The molecule has 0 heterocycles. The molecule has 0 aliphatic carbocycles. The molecular weight excluding hydrogens is 360 g/mol. The van der Waals surface area contributed by atoms with Crippen LogP contribution in [0.1, 0.15) is 75.5 Å². The summed E-state index contributed by atoms with van der Waals surface area (Å²) in [7, 11) is 0. The smallest absolute Gasteiger partial charge is 0.126 e. The van der Waals surface area contributed by atoms with Crippen LogP contribution in [-0.4, -0.2) is 11.5 Å². The van der Waals surface area contributed by atoms with Crippen LogP contribution in [0.4, 0.5) is 0 Å². The van der Waals surface area contributed by atoms with Crippen LogP contribution in [0, 0.1) is 0 Å². The predicted octanol–water partition coefficient (Wildman–Crippen LogP) is 7.81. The van der Waals surface area contributed by atoms with Gasteiger partial charge in [0, 0.05) is 10.4 Å². The van der Waals surface area contributed by atoms with E-state index in [-0.39, 0.29) is 0 Å². The molecule has 2 heteroatoms.